The first-order chi connectivity index (χ1) is 16.1. The van der Waals surface area contributed by atoms with E-state index in [1.807, 2.05) is 60.8 Å². The molecule has 5 nitrogen and oxygen atoms in total. The molecule has 0 aliphatic heterocycles. The van der Waals surface area contributed by atoms with Gasteiger partial charge in [0.2, 0.25) is 0 Å². The van der Waals surface area contributed by atoms with E-state index < -0.39 is 12.0 Å². The van der Waals surface area contributed by atoms with Gasteiger partial charge in [-0.2, -0.15) is 0 Å². The van der Waals surface area contributed by atoms with Crippen LogP contribution >= 0.6 is 11.6 Å². The summed E-state index contributed by atoms with van der Waals surface area (Å²) in [7, 11) is 0. The van der Waals surface area contributed by atoms with Crippen LogP contribution in [0.5, 0.6) is 0 Å². The summed E-state index contributed by atoms with van der Waals surface area (Å²) in [6.45, 7) is 1.15. The predicted octanol–water partition coefficient (Wildman–Crippen LogP) is 5.61. The molecule has 1 atom stereocenters. The Labute approximate surface area is 196 Å². The van der Waals surface area contributed by atoms with Crippen LogP contribution in [0.15, 0.2) is 85.2 Å². The molecule has 0 unspecified atom stereocenters. The Morgan fingerprint density at radius 1 is 1.00 bits per heavy atom. The van der Waals surface area contributed by atoms with Crippen molar-refractivity contribution < 1.29 is 9.90 Å². The number of carboxylic acids is 1. The van der Waals surface area contributed by atoms with Gasteiger partial charge in [-0.1, -0.05) is 60.1 Å². The van der Waals surface area contributed by atoms with Crippen molar-refractivity contribution in [3.05, 3.63) is 107 Å². The van der Waals surface area contributed by atoms with Crippen LogP contribution in [0.1, 0.15) is 16.7 Å². The maximum Gasteiger partial charge on any atom is 0.321 e. The molecule has 0 saturated carbocycles. The number of fused-ring (bicyclic) bond motifs is 2. The Morgan fingerprint density at radius 2 is 1.79 bits per heavy atom. The Balaban J connectivity index is 1.38. The van der Waals surface area contributed by atoms with E-state index in [0.29, 0.717) is 24.5 Å². The first-order valence-corrected chi connectivity index (χ1v) is 11.3. The van der Waals surface area contributed by atoms with Gasteiger partial charge in [-0.05, 0) is 41.0 Å². The summed E-state index contributed by atoms with van der Waals surface area (Å²) < 4.78 is 2.19. The summed E-state index contributed by atoms with van der Waals surface area (Å²) in [4.78, 5) is 15.3. The molecule has 0 radical (unpaired) electrons. The minimum Gasteiger partial charge on any atom is -0.480 e. The van der Waals surface area contributed by atoms with Crippen LogP contribution in [0.4, 0.5) is 0 Å². The van der Waals surface area contributed by atoms with Crippen LogP contribution < -0.4 is 5.32 Å². The summed E-state index contributed by atoms with van der Waals surface area (Å²) in [5.41, 5.74) is 5.30. The van der Waals surface area contributed by atoms with E-state index in [9.17, 15) is 9.90 Å². The molecule has 0 aliphatic carbocycles. The van der Waals surface area contributed by atoms with Gasteiger partial charge in [-0.25, -0.2) is 0 Å². The van der Waals surface area contributed by atoms with Crippen molar-refractivity contribution in [2.24, 2.45) is 0 Å². The van der Waals surface area contributed by atoms with Crippen molar-refractivity contribution in [1.82, 2.24) is 14.9 Å². The third-order valence-corrected chi connectivity index (χ3v) is 6.28. The van der Waals surface area contributed by atoms with Crippen molar-refractivity contribution in [1.29, 1.82) is 0 Å². The minimum atomic E-state index is -0.858. The fourth-order valence-electron chi connectivity index (χ4n) is 4.43. The summed E-state index contributed by atoms with van der Waals surface area (Å²) >= 11 is 6.17. The predicted molar refractivity (Wildman–Crippen MR) is 133 cm³/mol. The minimum absolute atomic E-state index is 0.403. The molecule has 0 amide bonds. The number of rotatable bonds is 8. The highest BCUT2D eigenvalue weighted by Gasteiger charge is 2.20. The molecule has 3 N–H and O–H groups in total. The maximum atomic E-state index is 12.0. The summed E-state index contributed by atoms with van der Waals surface area (Å²) in [5.74, 6) is -0.858. The Bertz CT molecular complexity index is 1440. The smallest absolute Gasteiger partial charge is 0.321 e. The Hall–Kier alpha value is -3.54. The third-order valence-electron chi connectivity index (χ3n) is 6.05. The van der Waals surface area contributed by atoms with Crippen molar-refractivity contribution in [3.8, 4) is 0 Å². The maximum absolute atomic E-state index is 12.0. The molecule has 2 aromatic heterocycles. The van der Waals surface area contributed by atoms with Crippen LogP contribution in [0.2, 0.25) is 5.02 Å². The van der Waals surface area contributed by atoms with E-state index >= 15 is 0 Å². The number of carboxylic acid groups (broad SMARTS) is 1. The topological polar surface area (TPSA) is 70.0 Å². The van der Waals surface area contributed by atoms with Gasteiger partial charge in [-0.3, -0.25) is 10.1 Å². The molecule has 5 rings (SSSR count). The van der Waals surface area contributed by atoms with E-state index in [-0.39, 0.29) is 0 Å². The van der Waals surface area contributed by atoms with Gasteiger partial charge in [0.25, 0.3) is 0 Å². The molecule has 3 aromatic carbocycles. The van der Waals surface area contributed by atoms with E-state index in [4.69, 9.17) is 11.6 Å². The van der Waals surface area contributed by atoms with E-state index in [1.165, 1.54) is 0 Å². The number of benzene rings is 3. The first-order valence-electron chi connectivity index (χ1n) is 10.9. The fraction of sp³-hybridized carbons (Fsp3) is 0.148. The van der Waals surface area contributed by atoms with Gasteiger partial charge < -0.3 is 14.7 Å². The molecule has 6 heteroatoms. The van der Waals surface area contributed by atoms with Gasteiger partial charge in [0.05, 0.1) is 0 Å². The largest absolute Gasteiger partial charge is 0.480 e. The lowest BCUT2D eigenvalue weighted by molar-refractivity contribution is -0.139. The molecular weight excluding hydrogens is 434 g/mol. The van der Waals surface area contributed by atoms with Gasteiger partial charge >= 0.3 is 5.97 Å². The Kier molecular flexibility index (Phi) is 5.90. The van der Waals surface area contributed by atoms with Crippen molar-refractivity contribution in [2.45, 2.75) is 25.6 Å². The van der Waals surface area contributed by atoms with Crippen LogP contribution in [0.3, 0.4) is 0 Å². The number of aliphatic carboxylic acids is 1. The molecular formula is C27H24ClN3O2. The molecule has 0 aliphatic rings. The monoisotopic (exact) mass is 457 g/mol. The van der Waals surface area contributed by atoms with Crippen molar-refractivity contribution >= 4 is 39.4 Å². The molecule has 2 heterocycles. The average molecular weight is 458 g/mol. The zero-order chi connectivity index (χ0) is 22.8. The number of hydrogen-bond acceptors (Lipinski definition) is 2. The number of aromatic nitrogens is 2. The molecule has 166 valence electrons. The summed E-state index contributed by atoms with van der Waals surface area (Å²) in [6, 6.07) is 23.3. The normalized spacial score (nSPS) is 12.4. The van der Waals surface area contributed by atoms with Gasteiger partial charge in [-0.15, -0.1) is 0 Å². The molecule has 0 saturated heterocycles. The highest BCUT2D eigenvalue weighted by Crippen LogP contribution is 2.24. The first kappa shape index (κ1) is 21.3. The van der Waals surface area contributed by atoms with E-state index in [0.717, 1.165) is 38.5 Å². The third kappa shape index (κ3) is 4.51. The van der Waals surface area contributed by atoms with Gasteiger partial charge in [0.15, 0.2) is 0 Å². The fourth-order valence-corrected chi connectivity index (χ4v) is 4.64. The highest BCUT2D eigenvalue weighted by molar-refractivity contribution is 6.30. The summed E-state index contributed by atoms with van der Waals surface area (Å²) in [6.07, 6.45) is 4.41. The second-order valence-corrected chi connectivity index (χ2v) is 8.70. The number of aromatic amines is 1. The lowest BCUT2D eigenvalue weighted by Crippen LogP contribution is -2.38. The van der Waals surface area contributed by atoms with Crippen LogP contribution in [-0.2, 0) is 24.3 Å². The number of nitrogens with zero attached hydrogens (tertiary/aromatic N) is 1. The van der Waals surface area contributed by atoms with Crippen molar-refractivity contribution in [2.75, 3.05) is 0 Å². The number of H-pyrrole nitrogens is 1. The molecule has 0 bridgehead atoms. The molecule has 0 fully saturated rings. The van der Waals surface area contributed by atoms with Crippen molar-refractivity contribution in [3.63, 3.8) is 0 Å². The SMILES string of the molecule is O=C(O)[C@@H](Cc1c[nH]c2ccccc12)NCc1cn(Cc2cccc(Cl)c2)c2ccccc12. The van der Waals surface area contributed by atoms with E-state index in [2.05, 4.69) is 39.3 Å². The highest BCUT2D eigenvalue weighted by atomic mass is 35.5. The molecule has 0 spiro atoms. The van der Waals surface area contributed by atoms with Gasteiger partial charge in [0.1, 0.15) is 6.04 Å². The summed E-state index contributed by atoms with van der Waals surface area (Å²) in [5, 5.41) is 16.0. The lowest BCUT2D eigenvalue weighted by atomic mass is 10.0. The molecule has 33 heavy (non-hydrogen) atoms. The lowest BCUT2D eigenvalue weighted by Gasteiger charge is -2.14. The standard InChI is InChI=1S/C27H24ClN3O2/c28-21-7-5-6-18(12-21)16-31-17-20(23-9-2-4-11-26(23)31)15-30-25(27(32)33)13-19-14-29-24-10-3-1-8-22(19)24/h1-12,14,17,25,29-30H,13,15-16H2,(H,32,33)/t25-/m1/s1. The average Bonchev–Trinajstić information content (AvgIpc) is 3.38. The number of halogens is 1. The van der Waals surface area contributed by atoms with E-state index in [1.54, 1.807) is 0 Å². The second-order valence-electron chi connectivity index (χ2n) is 8.26. The van der Waals surface area contributed by atoms with Gasteiger partial charge in [0, 0.05) is 58.7 Å². The zero-order valence-corrected chi connectivity index (χ0v) is 18.7. The van der Waals surface area contributed by atoms with Crippen LogP contribution in [-0.4, -0.2) is 26.7 Å². The number of para-hydroxylation sites is 2. The quantitative estimate of drug-likeness (QED) is 0.283. The number of hydrogen-bond donors (Lipinski definition) is 3. The number of nitrogens with one attached hydrogen (secondary N) is 2. The molecule has 5 aromatic rings. The zero-order valence-electron chi connectivity index (χ0n) is 18.0. The second kappa shape index (κ2) is 9.14. The van der Waals surface area contributed by atoms with Crippen LogP contribution in [0.25, 0.3) is 21.8 Å². The number of carbonyl (C=O) groups is 1. The Morgan fingerprint density at radius 3 is 2.61 bits per heavy atom. The van der Waals surface area contributed by atoms with Crippen LogP contribution in [0, 0.1) is 0 Å².